The average Bonchev–Trinajstić information content (AvgIpc) is 0.811. The van der Waals surface area contributed by atoms with Crippen molar-refractivity contribution in [2.75, 3.05) is 0 Å². The average molecular weight is 154 g/mol. The molecule has 0 aliphatic heterocycles. The van der Waals surface area contributed by atoms with E-state index >= 15 is 0 Å². The summed E-state index contributed by atoms with van der Waals surface area (Å²) in [7, 11) is 0. The van der Waals surface area contributed by atoms with Gasteiger partial charge < -0.3 is 7.96 Å². The molecular weight excluding hydrogens is 148 g/mol. The second kappa shape index (κ2) is 9.98. The Bertz CT molecular complexity index is 41.0. The quantitative estimate of drug-likeness (QED) is 0.353. The van der Waals surface area contributed by atoms with E-state index < -0.39 is 5.97 Å². The molecule has 0 bridgehead atoms. The number of carboxylic acids is 1. The van der Waals surface area contributed by atoms with Crippen molar-refractivity contribution in [3.63, 3.8) is 0 Å². The van der Waals surface area contributed by atoms with Crippen molar-refractivity contribution < 1.29 is 89.8 Å². The van der Waals surface area contributed by atoms with Gasteiger partial charge in [0.1, 0.15) is 0 Å². The predicted octanol–water partition coefficient (Wildman–Crippen LogP) is -5.68. The zero-order chi connectivity index (χ0) is 3.58. The van der Waals surface area contributed by atoms with Gasteiger partial charge in [0.25, 0.3) is 5.97 Å². The number of hydrogen-bond acceptors (Lipinski definition) is 1. The van der Waals surface area contributed by atoms with Crippen LogP contribution in [0.4, 0.5) is 0 Å². The molecule has 0 amide bonds. The van der Waals surface area contributed by atoms with Gasteiger partial charge in [0, 0.05) is 6.92 Å². The molecule has 0 fully saturated rings. The fourth-order valence-corrected chi connectivity index (χ4v) is 0. The summed E-state index contributed by atoms with van der Waals surface area (Å²) in [6.45, 7) is 1.08. The summed E-state index contributed by atoms with van der Waals surface area (Å²) in [5.41, 5.74) is 0. The Kier molecular flexibility index (Phi) is 26.1. The van der Waals surface area contributed by atoms with E-state index in [1.165, 1.54) is 0 Å². The van der Waals surface area contributed by atoms with E-state index in [9.17, 15) is 0 Å². The molecule has 2 nitrogen and oxygen atoms in total. The summed E-state index contributed by atoms with van der Waals surface area (Å²) in [6, 6.07) is 0. The monoisotopic (exact) mass is 154 g/mol. The molecule has 4 heteroatoms. The minimum absolute atomic E-state index is 0. The summed E-state index contributed by atoms with van der Waals surface area (Å²) >= 11 is 0. The Morgan fingerprint density at radius 2 is 1.83 bits per heavy atom. The molecule has 0 saturated heterocycles. The Morgan fingerprint density at radius 3 is 1.83 bits per heavy atom. The number of carboxylic acid groups (broad SMARTS) is 1. The SMILES string of the molecule is CC(=O)O.[H-].[H-].[Li+].[Rb+]. The topological polar surface area (TPSA) is 37.3 Å². The van der Waals surface area contributed by atoms with Crippen LogP contribution >= 0.6 is 0 Å². The number of hydrogen-bond donors (Lipinski definition) is 1. The number of aliphatic carboxylic acids is 1. The molecule has 6 heavy (non-hydrogen) atoms. The fourth-order valence-electron chi connectivity index (χ4n) is 0. The van der Waals surface area contributed by atoms with Gasteiger partial charge in [0.2, 0.25) is 0 Å². The molecule has 0 aliphatic carbocycles. The van der Waals surface area contributed by atoms with E-state index in [1.807, 2.05) is 0 Å². The molecular formula is C2H6LiO2Rb. The molecule has 0 heterocycles. The minimum atomic E-state index is -0.833. The molecule has 0 aromatic heterocycles. The zero-order valence-electron chi connectivity index (χ0n) is 6.36. The van der Waals surface area contributed by atoms with Crippen molar-refractivity contribution in [2.45, 2.75) is 6.92 Å². The van der Waals surface area contributed by atoms with Gasteiger partial charge >= 0.3 is 77.0 Å². The smallest absolute Gasteiger partial charge is 1.00 e. The van der Waals surface area contributed by atoms with Crippen molar-refractivity contribution in [1.29, 1.82) is 0 Å². The maximum atomic E-state index is 9.00. The first-order chi connectivity index (χ1) is 1.73. The molecule has 0 aliphatic rings. The summed E-state index contributed by atoms with van der Waals surface area (Å²) in [6.07, 6.45) is 0. The summed E-state index contributed by atoms with van der Waals surface area (Å²) < 4.78 is 0. The Morgan fingerprint density at radius 1 is 1.83 bits per heavy atom. The van der Waals surface area contributed by atoms with Crippen LogP contribution in [0.5, 0.6) is 0 Å². The molecule has 0 unspecified atom stereocenters. The van der Waals surface area contributed by atoms with E-state index in [1.54, 1.807) is 0 Å². The molecule has 0 aromatic rings. The van der Waals surface area contributed by atoms with Crippen molar-refractivity contribution in [2.24, 2.45) is 0 Å². The van der Waals surface area contributed by atoms with Gasteiger partial charge in [-0.1, -0.05) is 0 Å². The summed E-state index contributed by atoms with van der Waals surface area (Å²) in [4.78, 5) is 9.00. The Labute approximate surface area is 101 Å². The first kappa shape index (κ1) is 15.7. The standard InChI is InChI=1S/C2H4O2.Li.Rb.2H/c1-2(3)4;;;;/h1H3,(H,3,4);;;;/q;2*+1;2*-1. The van der Waals surface area contributed by atoms with Gasteiger partial charge in [-0.15, -0.1) is 0 Å². The van der Waals surface area contributed by atoms with Gasteiger partial charge in [0.05, 0.1) is 0 Å². The predicted molar refractivity (Wildman–Crippen MR) is 15.5 cm³/mol. The van der Waals surface area contributed by atoms with Gasteiger partial charge in [-0.05, 0) is 0 Å². The second-order valence-electron chi connectivity index (χ2n) is 0.519. The number of rotatable bonds is 0. The third kappa shape index (κ3) is 39.8. The first-order valence-corrected chi connectivity index (χ1v) is 0.928. The van der Waals surface area contributed by atoms with E-state index in [0.717, 1.165) is 6.92 Å². The van der Waals surface area contributed by atoms with E-state index in [2.05, 4.69) is 0 Å². The zero-order valence-corrected chi connectivity index (χ0v) is 9.27. The normalized spacial score (nSPS) is 4.17. The van der Waals surface area contributed by atoms with Gasteiger partial charge in [-0.25, -0.2) is 0 Å². The van der Waals surface area contributed by atoms with Crippen molar-refractivity contribution in [1.82, 2.24) is 0 Å². The molecule has 0 aromatic carbocycles. The third-order valence-electron chi connectivity index (χ3n) is 0. The molecule has 1 N–H and O–H groups in total. The largest absolute Gasteiger partial charge is 1.00 e. The van der Waals surface area contributed by atoms with Crippen LogP contribution in [0.25, 0.3) is 0 Å². The van der Waals surface area contributed by atoms with Crippen LogP contribution in [-0.2, 0) is 4.79 Å². The molecule has 0 radical (unpaired) electrons. The van der Waals surface area contributed by atoms with Gasteiger partial charge in [0.15, 0.2) is 0 Å². The van der Waals surface area contributed by atoms with Crippen LogP contribution in [0.3, 0.4) is 0 Å². The second-order valence-corrected chi connectivity index (χ2v) is 0.519. The summed E-state index contributed by atoms with van der Waals surface area (Å²) in [5.74, 6) is -0.833. The molecule has 28 valence electrons. The van der Waals surface area contributed by atoms with Gasteiger partial charge in [-0.3, -0.25) is 4.79 Å². The maximum Gasteiger partial charge on any atom is 1.00 e. The van der Waals surface area contributed by atoms with Crippen LogP contribution in [0.1, 0.15) is 9.78 Å². The van der Waals surface area contributed by atoms with Crippen LogP contribution in [0.2, 0.25) is 0 Å². The van der Waals surface area contributed by atoms with Gasteiger partial charge in [-0.2, -0.15) is 0 Å². The Balaban J connectivity index is -0.00000000750. The maximum absolute atomic E-state index is 9.00. The van der Waals surface area contributed by atoms with Crippen molar-refractivity contribution in [3.05, 3.63) is 0 Å². The van der Waals surface area contributed by atoms with E-state index in [-0.39, 0.29) is 79.9 Å². The molecule has 0 rings (SSSR count). The molecule has 0 atom stereocenters. The molecule has 0 spiro atoms. The fraction of sp³-hybridized carbons (Fsp3) is 0.500. The van der Waals surface area contributed by atoms with E-state index in [4.69, 9.17) is 9.90 Å². The van der Waals surface area contributed by atoms with Crippen LogP contribution in [0, 0.1) is 0 Å². The summed E-state index contributed by atoms with van der Waals surface area (Å²) in [5, 5.41) is 7.42. The Hall–Kier alpha value is 1.87. The van der Waals surface area contributed by atoms with Crippen molar-refractivity contribution in [3.8, 4) is 0 Å². The van der Waals surface area contributed by atoms with E-state index in [0.29, 0.717) is 0 Å². The minimum Gasteiger partial charge on any atom is -1.00 e. The molecule has 0 saturated carbocycles. The van der Waals surface area contributed by atoms with Crippen LogP contribution < -0.4 is 77.0 Å². The van der Waals surface area contributed by atoms with Crippen molar-refractivity contribution >= 4 is 5.97 Å². The number of carbonyl (C=O) groups is 1. The third-order valence-corrected chi connectivity index (χ3v) is 0. The first-order valence-electron chi connectivity index (χ1n) is 0.928. The van der Waals surface area contributed by atoms with Crippen LogP contribution in [-0.4, -0.2) is 11.1 Å². The van der Waals surface area contributed by atoms with Crippen LogP contribution in [0.15, 0.2) is 0 Å².